The van der Waals surface area contributed by atoms with Gasteiger partial charge in [0.15, 0.2) is 0 Å². The summed E-state index contributed by atoms with van der Waals surface area (Å²) >= 11 is 0. The number of rotatable bonds is 5. The Labute approximate surface area is 103 Å². The van der Waals surface area contributed by atoms with E-state index in [1.54, 1.807) is 0 Å². The Balaban J connectivity index is 2.94. The van der Waals surface area contributed by atoms with Crippen molar-refractivity contribution in [1.29, 1.82) is 0 Å². The zero-order valence-corrected chi connectivity index (χ0v) is 10.3. The molecule has 1 aromatic carbocycles. The van der Waals surface area contributed by atoms with Crippen molar-refractivity contribution in [3.8, 4) is 0 Å². The molecule has 0 atom stereocenters. The highest BCUT2D eigenvalue weighted by molar-refractivity contribution is 5.66. The third kappa shape index (κ3) is 3.48. The molecule has 2 nitrogen and oxygen atoms in total. The largest absolute Gasteiger partial charge is 0.481 e. The highest BCUT2D eigenvalue weighted by atomic mass is 19.3. The quantitative estimate of drug-likeness (QED) is 0.874. The lowest BCUT2D eigenvalue weighted by molar-refractivity contribution is -0.137. The summed E-state index contributed by atoms with van der Waals surface area (Å²) < 4.78 is 40.9. The molecule has 1 rings (SSSR count). The van der Waals surface area contributed by atoms with Crippen LogP contribution >= 0.6 is 0 Å². The number of aryl methyl sites for hydroxylation is 2. The van der Waals surface area contributed by atoms with Gasteiger partial charge in [-0.05, 0) is 43.5 Å². The van der Waals surface area contributed by atoms with E-state index in [0.717, 1.165) is 12.1 Å². The number of carboxylic acids is 1. The van der Waals surface area contributed by atoms with Gasteiger partial charge in [0.1, 0.15) is 5.82 Å². The van der Waals surface area contributed by atoms with Crippen LogP contribution in [0.25, 0.3) is 0 Å². The van der Waals surface area contributed by atoms with Crippen molar-refractivity contribution in [3.63, 3.8) is 0 Å². The Morgan fingerprint density at radius 2 is 1.78 bits per heavy atom. The van der Waals surface area contributed by atoms with Crippen molar-refractivity contribution >= 4 is 5.97 Å². The first-order valence-electron chi connectivity index (χ1n) is 5.61. The average molecular weight is 260 g/mol. The lowest BCUT2D eigenvalue weighted by Gasteiger charge is -2.21. The first-order valence-corrected chi connectivity index (χ1v) is 5.61. The summed E-state index contributed by atoms with van der Waals surface area (Å²) in [5.41, 5.74) is 0.176. The van der Waals surface area contributed by atoms with Crippen molar-refractivity contribution in [3.05, 3.63) is 34.6 Å². The summed E-state index contributed by atoms with van der Waals surface area (Å²) in [5.74, 6) is -4.77. The van der Waals surface area contributed by atoms with Crippen LogP contribution in [0.3, 0.4) is 0 Å². The topological polar surface area (TPSA) is 37.3 Å². The van der Waals surface area contributed by atoms with Gasteiger partial charge in [0.2, 0.25) is 0 Å². The standard InChI is InChI=1S/C13H15F3O2/c1-8-6-10(14)7-9(2)12(8)13(15,16)5-3-4-11(17)18/h6-7H,3-5H2,1-2H3,(H,17,18). The molecule has 0 bridgehead atoms. The second kappa shape index (κ2) is 5.42. The van der Waals surface area contributed by atoms with Gasteiger partial charge in [0, 0.05) is 18.4 Å². The highest BCUT2D eigenvalue weighted by Gasteiger charge is 2.34. The summed E-state index contributed by atoms with van der Waals surface area (Å²) in [6.45, 7) is 2.85. The number of aliphatic carboxylic acids is 1. The number of alkyl halides is 2. The molecule has 0 amide bonds. The van der Waals surface area contributed by atoms with Crippen LogP contribution in [-0.2, 0) is 10.7 Å². The van der Waals surface area contributed by atoms with E-state index in [1.807, 2.05) is 0 Å². The minimum Gasteiger partial charge on any atom is -0.481 e. The number of halogens is 3. The summed E-state index contributed by atoms with van der Waals surface area (Å²) in [5, 5.41) is 8.43. The van der Waals surface area contributed by atoms with Gasteiger partial charge in [0.05, 0.1) is 0 Å². The van der Waals surface area contributed by atoms with E-state index >= 15 is 0 Å². The van der Waals surface area contributed by atoms with E-state index < -0.39 is 24.1 Å². The molecule has 0 radical (unpaired) electrons. The maximum Gasteiger partial charge on any atom is 0.303 e. The van der Waals surface area contributed by atoms with Crippen LogP contribution in [-0.4, -0.2) is 11.1 Å². The minimum atomic E-state index is -3.13. The Kier molecular flexibility index (Phi) is 4.38. The molecular formula is C13H15F3O2. The molecule has 5 heteroatoms. The Morgan fingerprint density at radius 3 is 2.22 bits per heavy atom. The minimum absolute atomic E-state index is 0.113. The van der Waals surface area contributed by atoms with Gasteiger partial charge >= 0.3 is 5.97 Å². The van der Waals surface area contributed by atoms with Gasteiger partial charge in [-0.15, -0.1) is 0 Å². The molecule has 0 aliphatic rings. The van der Waals surface area contributed by atoms with Gasteiger partial charge in [-0.1, -0.05) is 0 Å². The normalized spacial score (nSPS) is 11.6. The highest BCUT2D eigenvalue weighted by Crippen LogP contribution is 2.37. The van der Waals surface area contributed by atoms with E-state index in [-0.39, 0.29) is 29.5 Å². The molecule has 0 saturated heterocycles. The zero-order valence-electron chi connectivity index (χ0n) is 10.3. The second-order valence-electron chi connectivity index (χ2n) is 4.37. The van der Waals surface area contributed by atoms with Crippen molar-refractivity contribution in [2.75, 3.05) is 0 Å². The average Bonchev–Trinajstić information content (AvgIpc) is 2.13. The maximum absolute atomic E-state index is 13.9. The van der Waals surface area contributed by atoms with Crippen LogP contribution in [0, 0.1) is 19.7 Å². The fraction of sp³-hybridized carbons (Fsp3) is 0.462. The van der Waals surface area contributed by atoms with E-state index in [0.29, 0.717) is 0 Å². The van der Waals surface area contributed by atoms with E-state index in [4.69, 9.17) is 5.11 Å². The molecule has 100 valence electrons. The molecule has 0 unspecified atom stereocenters. The lowest BCUT2D eigenvalue weighted by atomic mass is 9.94. The predicted octanol–water partition coefficient (Wildman–Crippen LogP) is 3.79. The fourth-order valence-corrected chi connectivity index (χ4v) is 2.07. The number of hydrogen-bond donors (Lipinski definition) is 1. The fourth-order valence-electron chi connectivity index (χ4n) is 2.07. The molecule has 0 aliphatic heterocycles. The molecular weight excluding hydrogens is 245 g/mol. The van der Waals surface area contributed by atoms with E-state index in [1.165, 1.54) is 13.8 Å². The van der Waals surface area contributed by atoms with Gasteiger partial charge in [-0.3, -0.25) is 4.79 Å². The molecule has 18 heavy (non-hydrogen) atoms. The Bertz CT molecular complexity index is 433. The number of hydrogen-bond acceptors (Lipinski definition) is 1. The second-order valence-corrected chi connectivity index (χ2v) is 4.37. The van der Waals surface area contributed by atoms with Crippen LogP contribution < -0.4 is 0 Å². The summed E-state index contributed by atoms with van der Waals surface area (Å²) in [6, 6.07) is 2.13. The zero-order chi connectivity index (χ0) is 13.9. The molecule has 0 aromatic heterocycles. The predicted molar refractivity (Wildman–Crippen MR) is 61.3 cm³/mol. The van der Waals surface area contributed by atoms with Crippen LogP contribution in [0.1, 0.15) is 36.0 Å². The van der Waals surface area contributed by atoms with Crippen LogP contribution in [0.5, 0.6) is 0 Å². The third-order valence-electron chi connectivity index (χ3n) is 2.74. The van der Waals surface area contributed by atoms with Gasteiger partial charge in [0.25, 0.3) is 5.92 Å². The maximum atomic E-state index is 13.9. The van der Waals surface area contributed by atoms with E-state index in [9.17, 15) is 18.0 Å². The van der Waals surface area contributed by atoms with Crippen molar-refractivity contribution in [1.82, 2.24) is 0 Å². The molecule has 0 heterocycles. The van der Waals surface area contributed by atoms with Crippen LogP contribution in [0.2, 0.25) is 0 Å². The SMILES string of the molecule is Cc1cc(F)cc(C)c1C(F)(F)CCCC(=O)O. The van der Waals surface area contributed by atoms with Gasteiger partial charge in [-0.2, -0.15) is 0 Å². The first kappa shape index (κ1) is 14.5. The van der Waals surface area contributed by atoms with Crippen molar-refractivity contribution < 1.29 is 23.1 Å². The molecule has 0 saturated carbocycles. The number of benzene rings is 1. The first-order chi connectivity index (χ1) is 8.24. The van der Waals surface area contributed by atoms with Crippen molar-refractivity contribution in [2.45, 2.75) is 39.0 Å². The molecule has 0 aliphatic carbocycles. The smallest absolute Gasteiger partial charge is 0.303 e. The molecule has 1 aromatic rings. The summed E-state index contributed by atoms with van der Waals surface area (Å²) in [4.78, 5) is 10.3. The molecule has 1 N–H and O–H groups in total. The lowest BCUT2D eigenvalue weighted by Crippen LogP contribution is -2.17. The van der Waals surface area contributed by atoms with E-state index in [2.05, 4.69) is 0 Å². The van der Waals surface area contributed by atoms with Gasteiger partial charge < -0.3 is 5.11 Å². The summed E-state index contributed by atoms with van der Waals surface area (Å²) in [7, 11) is 0. The monoisotopic (exact) mass is 260 g/mol. The third-order valence-corrected chi connectivity index (χ3v) is 2.74. The Hall–Kier alpha value is -1.52. The van der Waals surface area contributed by atoms with Crippen molar-refractivity contribution in [2.24, 2.45) is 0 Å². The number of carboxylic acid groups (broad SMARTS) is 1. The van der Waals surface area contributed by atoms with Crippen LogP contribution in [0.4, 0.5) is 13.2 Å². The Morgan fingerprint density at radius 1 is 1.28 bits per heavy atom. The summed E-state index contributed by atoms with van der Waals surface area (Å²) in [6.07, 6.45) is -0.958. The van der Waals surface area contributed by atoms with Gasteiger partial charge in [-0.25, -0.2) is 13.2 Å². The number of carbonyl (C=O) groups is 1. The molecule has 0 fully saturated rings. The molecule has 0 spiro atoms. The van der Waals surface area contributed by atoms with Crippen LogP contribution in [0.15, 0.2) is 12.1 Å².